The van der Waals surface area contributed by atoms with E-state index in [9.17, 15) is 14.7 Å². The molecule has 0 aliphatic carbocycles. The summed E-state index contributed by atoms with van der Waals surface area (Å²) < 4.78 is 8.39. The Kier molecular flexibility index (Phi) is 4.00. The lowest BCUT2D eigenvalue weighted by molar-refractivity contribution is -0.172. The van der Waals surface area contributed by atoms with E-state index >= 15 is 0 Å². The highest BCUT2D eigenvalue weighted by Crippen LogP contribution is 2.48. The summed E-state index contributed by atoms with van der Waals surface area (Å²) in [6.45, 7) is 3.22. The molecule has 7 heteroatoms. The number of ether oxygens (including phenoxy) is 1. The summed E-state index contributed by atoms with van der Waals surface area (Å²) in [6.07, 6.45) is 0. The molecule has 2 rings (SSSR count). The molecule has 1 aliphatic rings. The van der Waals surface area contributed by atoms with Crippen molar-refractivity contribution in [1.82, 2.24) is 4.57 Å². The Morgan fingerprint density at radius 1 is 1.47 bits per heavy atom. The van der Waals surface area contributed by atoms with Gasteiger partial charge in [-0.2, -0.15) is 0 Å². The summed E-state index contributed by atoms with van der Waals surface area (Å²) in [5.74, 6) is -1.83. The minimum atomic E-state index is -1.90. The van der Waals surface area contributed by atoms with Gasteiger partial charge in [-0.1, -0.05) is 0 Å². The molecule has 5 nitrogen and oxygen atoms in total. The molecule has 0 bridgehead atoms. The first kappa shape index (κ1) is 15.2. The van der Waals surface area contributed by atoms with E-state index in [4.69, 9.17) is 4.74 Å². The molecule has 0 aromatic carbocycles. The molecule has 1 aromatic rings. The van der Waals surface area contributed by atoms with Gasteiger partial charge in [0.2, 0.25) is 5.60 Å². The molecule has 19 heavy (non-hydrogen) atoms. The van der Waals surface area contributed by atoms with Gasteiger partial charge in [-0.25, -0.2) is 4.79 Å². The van der Waals surface area contributed by atoms with Gasteiger partial charge in [0.25, 0.3) is 0 Å². The number of methoxy groups -OCH3 is 1. The molecule has 1 aromatic heterocycles. The molecule has 2 heterocycles. The Morgan fingerprint density at radius 3 is 2.53 bits per heavy atom. The van der Waals surface area contributed by atoms with Crippen molar-refractivity contribution < 1.29 is 19.4 Å². The first-order chi connectivity index (χ1) is 8.76. The summed E-state index contributed by atoms with van der Waals surface area (Å²) >= 11 is 4.29. The number of ketones is 1. The molecule has 0 amide bonds. The van der Waals surface area contributed by atoms with E-state index in [1.54, 1.807) is 6.07 Å². The van der Waals surface area contributed by atoms with Gasteiger partial charge >= 0.3 is 5.97 Å². The standard InChI is InChI=1S/C12H13I2NO4/c1-5-9(6(2)16)12(18,11(17)19-3)8-4-7(13)10(14)15(5)8/h4-5,9,18H,1-3H3/t5-,9+,12+/m1/s1. The van der Waals surface area contributed by atoms with Gasteiger partial charge in [-0.3, -0.25) is 4.79 Å². The highest BCUT2D eigenvalue weighted by atomic mass is 127. The third-order valence-corrected chi connectivity index (χ3v) is 6.55. The van der Waals surface area contributed by atoms with Crippen molar-refractivity contribution >= 4 is 56.9 Å². The summed E-state index contributed by atoms with van der Waals surface area (Å²) in [4.78, 5) is 23.9. The van der Waals surface area contributed by atoms with E-state index in [0.29, 0.717) is 5.69 Å². The number of fused-ring (bicyclic) bond motifs is 1. The quantitative estimate of drug-likeness (QED) is 0.509. The predicted molar refractivity (Wildman–Crippen MR) is 84.7 cm³/mol. The second-order valence-corrected chi connectivity index (χ2v) is 6.81. The molecule has 0 fully saturated rings. The van der Waals surface area contributed by atoms with Crippen LogP contribution in [0.3, 0.4) is 0 Å². The summed E-state index contributed by atoms with van der Waals surface area (Å²) in [6, 6.07) is 1.45. The average Bonchev–Trinajstić information content (AvgIpc) is 2.75. The minimum Gasteiger partial charge on any atom is -0.467 e. The van der Waals surface area contributed by atoms with Crippen LogP contribution in [0, 0.1) is 13.2 Å². The SMILES string of the molecule is COC(=O)[C@]1(O)c2cc(I)c(I)n2[C@H](C)[C@H]1C(C)=O. The highest BCUT2D eigenvalue weighted by molar-refractivity contribution is 14.1. The van der Waals surface area contributed by atoms with Crippen LogP contribution in [0.1, 0.15) is 25.6 Å². The molecule has 1 aliphatic heterocycles. The lowest BCUT2D eigenvalue weighted by atomic mass is 9.81. The zero-order chi connectivity index (χ0) is 14.5. The average molecular weight is 489 g/mol. The van der Waals surface area contributed by atoms with E-state index in [2.05, 4.69) is 45.2 Å². The number of aromatic nitrogens is 1. The Balaban J connectivity index is 2.72. The van der Waals surface area contributed by atoms with Crippen LogP contribution in [0.4, 0.5) is 0 Å². The monoisotopic (exact) mass is 489 g/mol. The van der Waals surface area contributed by atoms with Crippen LogP contribution < -0.4 is 0 Å². The van der Waals surface area contributed by atoms with Crippen molar-refractivity contribution in [2.45, 2.75) is 25.5 Å². The van der Waals surface area contributed by atoms with Crippen molar-refractivity contribution in [2.75, 3.05) is 7.11 Å². The largest absolute Gasteiger partial charge is 0.467 e. The van der Waals surface area contributed by atoms with Crippen LogP contribution in [0.15, 0.2) is 6.07 Å². The van der Waals surface area contributed by atoms with Crippen LogP contribution in [0.5, 0.6) is 0 Å². The molecule has 1 N–H and O–H groups in total. The minimum absolute atomic E-state index is 0.227. The van der Waals surface area contributed by atoms with E-state index in [0.717, 1.165) is 7.27 Å². The third-order valence-electron chi connectivity index (χ3n) is 3.60. The van der Waals surface area contributed by atoms with Crippen molar-refractivity contribution in [1.29, 1.82) is 0 Å². The first-order valence-electron chi connectivity index (χ1n) is 5.64. The van der Waals surface area contributed by atoms with Gasteiger partial charge < -0.3 is 14.4 Å². The molecule has 0 radical (unpaired) electrons. The molecule has 0 spiro atoms. The molecular weight excluding hydrogens is 476 g/mol. The summed E-state index contributed by atoms with van der Waals surface area (Å²) in [7, 11) is 1.21. The summed E-state index contributed by atoms with van der Waals surface area (Å²) in [5.41, 5.74) is -1.47. The van der Waals surface area contributed by atoms with Crippen LogP contribution in [-0.2, 0) is 19.9 Å². The number of carbonyl (C=O) groups is 2. The Bertz CT molecular complexity index is 568. The van der Waals surface area contributed by atoms with Gasteiger partial charge in [0.05, 0.1) is 22.4 Å². The number of aliphatic hydroxyl groups is 1. The number of carbonyl (C=O) groups excluding carboxylic acids is 2. The maximum Gasteiger partial charge on any atom is 0.345 e. The van der Waals surface area contributed by atoms with Gasteiger partial charge in [0, 0.05) is 9.61 Å². The van der Waals surface area contributed by atoms with Crippen molar-refractivity contribution in [3.05, 3.63) is 19.0 Å². The van der Waals surface area contributed by atoms with Crippen molar-refractivity contribution in [3.63, 3.8) is 0 Å². The Hall–Kier alpha value is -0.160. The van der Waals surface area contributed by atoms with Crippen molar-refractivity contribution in [2.24, 2.45) is 5.92 Å². The number of halogens is 2. The van der Waals surface area contributed by atoms with E-state index in [-0.39, 0.29) is 11.8 Å². The van der Waals surface area contributed by atoms with E-state index < -0.39 is 17.5 Å². The second kappa shape index (κ2) is 4.99. The van der Waals surface area contributed by atoms with Crippen LogP contribution >= 0.6 is 45.2 Å². The van der Waals surface area contributed by atoms with Gasteiger partial charge in [0.15, 0.2) is 0 Å². The third kappa shape index (κ3) is 1.96. The topological polar surface area (TPSA) is 68.5 Å². The Labute approximate surface area is 138 Å². The number of rotatable bonds is 2. The predicted octanol–water partition coefficient (Wildman–Crippen LogP) is 1.84. The molecule has 3 atom stereocenters. The van der Waals surface area contributed by atoms with E-state index in [1.807, 2.05) is 11.5 Å². The number of esters is 1. The molecule has 0 saturated carbocycles. The van der Waals surface area contributed by atoms with Crippen LogP contribution in [0.25, 0.3) is 0 Å². The molecule has 0 unspecified atom stereocenters. The van der Waals surface area contributed by atoms with Gasteiger partial charge in [-0.05, 0) is 65.1 Å². The molecule has 0 saturated heterocycles. The van der Waals surface area contributed by atoms with Crippen LogP contribution in [0.2, 0.25) is 0 Å². The summed E-state index contributed by atoms with van der Waals surface area (Å²) in [5, 5.41) is 10.8. The number of hydrogen-bond donors (Lipinski definition) is 1. The van der Waals surface area contributed by atoms with Crippen LogP contribution in [-0.4, -0.2) is 28.5 Å². The van der Waals surface area contributed by atoms with E-state index in [1.165, 1.54) is 14.0 Å². The number of nitrogens with zero attached hydrogens (tertiary/aromatic N) is 1. The first-order valence-corrected chi connectivity index (χ1v) is 7.80. The van der Waals surface area contributed by atoms with Gasteiger partial charge in [0.1, 0.15) is 5.78 Å². The second-order valence-electron chi connectivity index (χ2n) is 4.63. The number of Topliss-reactive ketones (excluding diaryl/α,β-unsaturated/α-hetero) is 1. The number of hydrogen-bond acceptors (Lipinski definition) is 4. The fourth-order valence-corrected chi connectivity index (χ4v) is 4.25. The lowest BCUT2D eigenvalue weighted by Crippen LogP contribution is -2.44. The van der Waals surface area contributed by atoms with Gasteiger partial charge in [-0.15, -0.1) is 0 Å². The fourth-order valence-electron chi connectivity index (χ4n) is 2.84. The molecule has 104 valence electrons. The smallest absolute Gasteiger partial charge is 0.345 e. The van der Waals surface area contributed by atoms with Crippen molar-refractivity contribution in [3.8, 4) is 0 Å². The molecular formula is C12H13I2NO4. The maximum absolute atomic E-state index is 12.0. The zero-order valence-electron chi connectivity index (χ0n) is 10.6. The zero-order valence-corrected chi connectivity index (χ0v) is 14.9. The highest BCUT2D eigenvalue weighted by Gasteiger charge is 2.59. The Morgan fingerprint density at radius 2 is 2.05 bits per heavy atom. The lowest BCUT2D eigenvalue weighted by Gasteiger charge is -2.26. The fraction of sp³-hybridized carbons (Fsp3) is 0.500. The maximum atomic E-state index is 12.0. The normalized spacial score (nSPS) is 29.2.